The van der Waals surface area contributed by atoms with Crippen LogP contribution in [0.4, 0.5) is 0 Å². The Labute approximate surface area is 521 Å². The van der Waals surface area contributed by atoms with Crippen LogP contribution in [0.5, 0.6) is 0 Å². The highest BCUT2D eigenvalue weighted by atomic mass is 15.0. The van der Waals surface area contributed by atoms with E-state index in [1.54, 1.807) is 0 Å². The second-order valence-electron chi connectivity index (χ2n) is 37.4. The maximum atomic E-state index is 2.76. The molecule has 0 saturated heterocycles. The van der Waals surface area contributed by atoms with Crippen LogP contribution in [0.1, 0.15) is 263 Å². The SMILES string of the molecule is CC(C)(C)c1cc(C(C)(C)C)c(B2c3cc4c(cc3-n3c5ccc(C(C)(C)C)cc5c5cc(C(C)(C)C)cc2c53)B(c2c(C(C)(C)C)cc(C(C)(C)C)cc2C(C)(C)C)c2cc(C(C)(C)C)cc3c5cc(C(C)(C)C)ccc5n-4c23)c(C(C)(C)C)c1. The van der Waals surface area contributed by atoms with Gasteiger partial charge in [0.05, 0.1) is 11.0 Å². The van der Waals surface area contributed by atoms with Crippen molar-refractivity contribution in [3.8, 4) is 11.4 Å². The van der Waals surface area contributed by atoms with Crippen LogP contribution in [0, 0.1) is 0 Å². The highest BCUT2D eigenvalue weighted by molar-refractivity contribution is 7.00. The Bertz CT molecular complexity index is 3950. The van der Waals surface area contributed by atoms with Gasteiger partial charge in [-0.2, -0.15) is 0 Å². The summed E-state index contributed by atoms with van der Waals surface area (Å²) in [4.78, 5) is 0. The predicted octanol–water partition coefficient (Wildman–Crippen LogP) is 18.5. The third-order valence-electron chi connectivity index (χ3n) is 20.0. The third kappa shape index (κ3) is 9.99. The van der Waals surface area contributed by atoms with Gasteiger partial charge in [-0.15, -0.1) is 0 Å². The Morgan fingerprint density at radius 3 is 0.721 bits per heavy atom. The number of rotatable bonds is 2. The first-order valence-corrected chi connectivity index (χ1v) is 32.8. The number of fused-ring (bicyclic) bond motifs is 10. The van der Waals surface area contributed by atoms with Crippen LogP contribution < -0.4 is 32.8 Å². The molecule has 4 heteroatoms. The lowest BCUT2D eigenvalue weighted by atomic mass is 9.30. The summed E-state index contributed by atoms with van der Waals surface area (Å²) in [6, 6.07) is 41.5. The van der Waals surface area contributed by atoms with E-state index in [0.29, 0.717) is 0 Å². The Balaban J connectivity index is 1.46. The van der Waals surface area contributed by atoms with E-state index in [9.17, 15) is 0 Å². The van der Waals surface area contributed by atoms with Crippen LogP contribution in [0.25, 0.3) is 55.0 Å². The molecule has 450 valence electrons. The fourth-order valence-corrected chi connectivity index (χ4v) is 14.8. The van der Waals surface area contributed by atoms with Crippen molar-refractivity contribution in [1.82, 2.24) is 9.13 Å². The maximum Gasteiger partial charge on any atom is 0.247 e. The molecular formula is C82H106B2N2. The summed E-state index contributed by atoms with van der Waals surface area (Å²) in [7, 11) is 0. The molecule has 0 unspecified atom stereocenters. The molecule has 2 nitrogen and oxygen atoms in total. The second-order valence-corrected chi connectivity index (χ2v) is 37.4. The van der Waals surface area contributed by atoms with E-state index < -0.39 is 0 Å². The number of hydrogen-bond donors (Lipinski definition) is 0. The summed E-state index contributed by atoms with van der Waals surface area (Å²) >= 11 is 0. The predicted molar refractivity (Wildman–Crippen MR) is 384 cm³/mol. The van der Waals surface area contributed by atoms with Crippen LogP contribution in [-0.4, -0.2) is 22.6 Å². The Kier molecular flexibility index (Phi) is 13.6. The molecule has 86 heavy (non-hydrogen) atoms. The molecule has 0 N–H and O–H groups in total. The highest BCUT2D eigenvalue weighted by Crippen LogP contribution is 2.45. The van der Waals surface area contributed by atoms with Crippen molar-refractivity contribution in [2.75, 3.05) is 0 Å². The molecule has 4 heterocycles. The van der Waals surface area contributed by atoms with Crippen molar-refractivity contribution >= 4 is 89.8 Å². The van der Waals surface area contributed by atoms with Gasteiger partial charge in [0.15, 0.2) is 0 Å². The van der Waals surface area contributed by atoms with Crippen molar-refractivity contribution in [2.24, 2.45) is 0 Å². The van der Waals surface area contributed by atoms with Gasteiger partial charge in [-0.1, -0.05) is 267 Å². The van der Waals surface area contributed by atoms with Gasteiger partial charge >= 0.3 is 0 Å². The van der Waals surface area contributed by atoms with Crippen molar-refractivity contribution < 1.29 is 0 Å². The minimum absolute atomic E-state index is 0.0338. The Morgan fingerprint density at radius 1 is 0.233 bits per heavy atom. The van der Waals surface area contributed by atoms with Crippen LogP contribution in [0.3, 0.4) is 0 Å². The molecule has 0 atom stereocenters. The smallest absolute Gasteiger partial charge is 0.247 e. The monoisotopic (exact) mass is 1140 g/mol. The molecule has 0 amide bonds. The molecule has 0 bridgehead atoms. The zero-order valence-electron chi connectivity index (χ0n) is 59.3. The van der Waals surface area contributed by atoms with Gasteiger partial charge in [0.2, 0.25) is 13.4 Å². The zero-order valence-corrected chi connectivity index (χ0v) is 59.3. The van der Waals surface area contributed by atoms with Crippen molar-refractivity contribution in [1.29, 1.82) is 0 Å². The lowest BCUT2D eigenvalue weighted by Crippen LogP contribution is -2.63. The molecule has 7 aromatic carbocycles. The average Bonchev–Trinajstić information content (AvgIpc) is 1.39. The zero-order chi connectivity index (χ0) is 63.6. The molecule has 0 aliphatic carbocycles. The van der Waals surface area contributed by atoms with Crippen LogP contribution >= 0.6 is 0 Å². The fourth-order valence-electron chi connectivity index (χ4n) is 14.8. The van der Waals surface area contributed by atoms with Gasteiger partial charge in [-0.05, 0) is 180 Å². The fraction of sp³-hybridized carbons (Fsp3) is 0.488. The molecule has 0 spiro atoms. The summed E-state index contributed by atoms with van der Waals surface area (Å²) in [6.45, 7) is 72.7. The van der Waals surface area contributed by atoms with E-state index in [1.807, 2.05) is 0 Å². The minimum atomic E-state index is -0.175. The molecule has 2 aliphatic heterocycles. The number of hydrogen-bond acceptors (Lipinski definition) is 0. The van der Waals surface area contributed by atoms with E-state index in [1.165, 1.54) is 143 Å². The first-order chi connectivity index (χ1) is 39.0. The molecular weight excluding hydrogens is 1030 g/mol. The van der Waals surface area contributed by atoms with Gasteiger partial charge in [-0.3, -0.25) is 0 Å². The Hall–Kier alpha value is -5.73. The van der Waals surface area contributed by atoms with Crippen LogP contribution in [-0.2, 0) is 54.1 Å². The quantitative estimate of drug-likeness (QED) is 0.153. The second kappa shape index (κ2) is 18.9. The maximum absolute atomic E-state index is 2.76. The number of aromatic nitrogens is 2. The van der Waals surface area contributed by atoms with Gasteiger partial charge in [-0.25, -0.2) is 0 Å². The van der Waals surface area contributed by atoms with Crippen LogP contribution in [0.15, 0.2) is 97.1 Å². The van der Waals surface area contributed by atoms with Gasteiger partial charge in [0.25, 0.3) is 0 Å². The third-order valence-corrected chi connectivity index (χ3v) is 20.0. The molecule has 0 fully saturated rings. The largest absolute Gasteiger partial charge is 0.310 e. The minimum Gasteiger partial charge on any atom is -0.310 e. The number of nitrogens with zero attached hydrogens (tertiary/aromatic N) is 2. The van der Waals surface area contributed by atoms with Gasteiger partial charge in [0, 0.05) is 44.0 Å². The lowest BCUT2D eigenvalue weighted by molar-refractivity contribution is 0.552. The molecule has 2 aliphatic rings. The summed E-state index contributed by atoms with van der Waals surface area (Å²) in [6.07, 6.45) is 0. The molecule has 0 saturated carbocycles. The Morgan fingerprint density at radius 2 is 0.477 bits per heavy atom. The topological polar surface area (TPSA) is 9.86 Å². The average molecular weight is 1140 g/mol. The van der Waals surface area contributed by atoms with E-state index in [2.05, 4.69) is 314 Å². The molecule has 2 aromatic heterocycles. The first kappa shape index (κ1) is 61.9. The summed E-state index contributed by atoms with van der Waals surface area (Å²) < 4.78 is 5.52. The van der Waals surface area contributed by atoms with E-state index in [4.69, 9.17) is 0 Å². The van der Waals surface area contributed by atoms with Crippen LogP contribution in [0.2, 0.25) is 0 Å². The summed E-state index contributed by atoms with van der Waals surface area (Å²) in [5, 5.41) is 5.39. The van der Waals surface area contributed by atoms with Crippen molar-refractivity contribution in [2.45, 2.75) is 262 Å². The van der Waals surface area contributed by atoms with E-state index in [0.717, 1.165) is 0 Å². The number of benzene rings is 7. The summed E-state index contributed by atoms with van der Waals surface area (Å²) in [5.74, 6) is 0. The highest BCUT2D eigenvalue weighted by Gasteiger charge is 2.46. The normalized spacial score (nSPS) is 14.8. The first-order valence-electron chi connectivity index (χ1n) is 32.8. The molecule has 11 rings (SSSR count). The molecule has 0 radical (unpaired) electrons. The summed E-state index contributed by atoms with van der Waals surface area (Å²) in [5.41, 5.74) is 29.4. The van der Waals surface area contributed by atoms with Crippen molar-refractivity contribution in [3.63, 3.8) is 0 Å². The molecule has 9 aromatic rings. The van der Waals surface area contributed by atoms with E-state index >= 15 is 0 Å². The van der Waals surface area contributed by atoms with E-state index in [-0.39, 0.29) is 67.6 Å². The standard InChI is InChI=1S/C82H106B2N2/c1-73(2,3)47-31-33-65-53(35-47)55-37-49(75(7,8)9)43-63-71(55)85(65)67-45-62-68(46-61(67)83(63)69-57(79(19,20)21)39-51(77(13,14)15)40-58(69)80(22,23)24)86-66-34-32-48(74(4,5)6)36-54(66)56-38-50(76(10,11)12)44-64(72(56)86)84(62)70-59(81(25,26)27)41-52(78(16,17)18)42-60(70)82(28,29)30/h31-46H,1-30H3. The van der Waals surface area contributed by atoms with Gasteiger partial charge < -0.3 is 9.13 Å². The van der Waals surface area contributed by atoms with Gasteiger partial charge in [0.1, 0.15) is 0 Å². The lowest BCUT2D eigenvalue weighted by Gasteiger charge is -2.40. The van der Waals surface area contributed by atoms with Crippen molar-refractivity contribution in [3.05, 3.63) is 153 Å².